The Labute approximate surface area is 391 Å². The summed E-state index contributed by atoms with van der Waals surface area (Å²) in [6.45, 7) is 4.63. The molecule has 0 atom stereocenters. The Bertz CT molecular complexity index is 4740. The molecule has 312 valence electrons. The first-order valence-electron chi connectivity index (χ1n) is 24.0. The maximum atomic E-state index is 6.79. The number of hydrogen-bond donors (Lipinski definition) is 0. The fourth-order valence-corrected chi connectivity index (χ4v) is 13.8. The topological polar surface area (TPSA) is 9.23 Å². The number of hydrogen-bond acceptors (Lipinski definition) is 1. The quantitative estimate of drug-likeness (QED) is 0.124. The van der Waals surface area contributed by atoms with E-state index in [1.54, 1.807) is 0 Å². The van der Waals surface area contributed by atoms with Crippen LogP contribution in [0.15, 0.2) is 194 Å². The zero-order valence-electron chi connectivity index (χ0n) is 37.4. The average molecular weight is 859 g/mol. The molecule has 1 aliphatic carbocycles. The van der Waals surface area contributed by atoms with Gasteiger partial charge in [0.1, 0.15) is 11.5 Å². The van der Waals surface area contributed by atoms with E-state index in [2.05, 4.69) is 208 Å². The number of ether oxygens (including phenoxy) is 1. The minimum Gasteiger partial charge on any atom is -0.456 e. The van der Waals surface area contributed by atoms with E-state index in [0.717, 1.165) is 17.1 Å². The maximum absolute atomic E-state index is 6.79. The summed E-state index contributed by atoms with van der Waals surface area (Å²) in [5, 5.41) is 26.9. The van der Waals surface area contributed by atoms with Crippen LogP contribution in [0.1, 0.15) is 25.0 Å². The van der Waals surface area contributed by atoms with Crippen molar-refractivity contribution in [3.63, 3.8) is 0 Å². The summed E-state index contributed by atoms with van der Waals surface area (Å²) in [6, 6.07) is 73.5. The van der Waals surface area contributed by atoms with Crippen molar-refractivity contribution in [2.75, 3.05) is 0 Å². The van der Waals surface area contributed by atoms with Crippen LogP contribution >= 0.6 is 0 Å². The summed E-state index contributed by atoms with van der Waals surface area (Å²) in [5.74, 6) is 1.90. The molecule has 0 fully saturated rings. The first-order valence-corrected chi connectivity index (χ1v) is 24.0. The van der Waals surface area contributed by atoms with Crippen molar-refractivity contribution in [2.24, 2.45) is 0 Å². The van der Waals surface area contributed by atoms with E-state index in [4.69, 9.17) is 4.74 Å². The summed E-state index contributed by atoms with van der Waals surface area (Å²) in [6.07, 6.45) is 0. The standard InChI is InChI=1S/C67H38O/c1-67(2)53-20-10-11-22-55(53)68-66-39(19-12-21-54(66)67)37-23-24-40-43-25-26-44-46-29-31-49-61-50(32-30-47(60(46)61)45-27-28-48(51(40)33-37)58(43)59(44)45)64-62-42-18-9-8-17-41(42)57-38-16-7-6-15-36(38)34-52(65(57)62)56(63(49)64)35-13-4-3-5-14-35/h3-34H,1-2H3. The third-order valence-corrected chi connectivity index (χ3v) is 16.7. The lowest BCUT2D eigenvalue weighted by Crippen LogP contribution is -2.24. The Balaban J connectivity index is 0.949. The SMILES string of the molecule is CC1(C)c2ccccc2Oc2c(-c3ccc4c(c3)-c3ccc5c6ccc7c8c(ccc(c9ccc-4c3c95)c68)c3c(-c4ccccc4)c4cc5ccccc5c5c6ccccc6c(c73)c45)cccc21. The molecule has 1 heteroatoms. The summed E-state index contributed by atoms with van der Waals surface area (Å²) in [5.41, 5.74) is 12.4. The maximum Gasteiger partial charge on any atom is 0.139 e. The zero-order valence-corrected chi connectivity index (χ0v) is 37.4. The Hall–Kier alpha value is -8.52. The molecule has 1 nitrogen and oxygen atoms in total. The van der Waals surface area contributed by atoms with Crippen molar-refractivity contribution < 1.29 is 4.74 Å². The predicted molar refractivity (Wildman–Crippen MR) is 289 cm³/mol. The molecule has 17 rings (SSSR count). The van der Waals surface area contributed by atoms with Crippen molar-refractivity contribution in [3.05, 3.63) is 205 Å². The van der Waals surface area contributed by atoms with Crippen molar-refractivity contribution in [3.8, 4) is 56.0 Å². The smallest absolute Gasteiger partial charge is 0.139 e. The molecule has 0 saturated carbocycles. The fourth-order valence-electron chi connectivity index (χ4n) is 13.8. The Kier molecular flexibility index (Phi) is 6.34. The molecule has 15 aromatic rings. The van der Waals surface area contributed by atoms with E-state index >= 15 is 0 Å². The van der Waals surface area contributed by atoms with E-state index in [0.29, 0.717) is 0 Å². The lowest BCUT2D eigenvalue weighted by Gasteiger charge is -2.35. The van der Waals surface area contributed by atoms with E-state index in [9.17, 15) is 0 Å². The van der Waals surface area contributed by atoms with Gasteiger partial charge < -0.3 is 4.74 Å². The molecule has 0 unspecified atom stereocenters. The molecule has 15 aromatic carbocycles. The van der Waals surface area contributed by atoms with Crippen molar-refractivity contribution >= 4 is 108 Å². The molecule has 0 aromatic heterocycles. The highest BCUT2D eigenvalue weighted by atomic mass is 16.5. The van der Waals surface area contributed by atoms with Crippen LogP contribution in [0.25, 0.3) is 152 Å². The van der Waals surface area contributed by atoms with Gasteiger partial charge in [-0.15, -0.1) is 0 Å². The molecule has 0 saturated heterocycles. The fraction of sp³-hybridized carbons (Fsp3) is 0.0448. The minimum absolute atomic E-state index is 0.179. The Morgan fingerprint density at radius 2 is 0.824 bits per heavy atom. The van der Waals surface area contributed by atoms with Gasteiger partial charge in [-0.05, 0) is 165 Å². The molecule has 2 aliphatic rings. The van der Waals surface area contributed by atoms with Crippen LogP contribution in [0.2, 0.25) is 0 Å². The van der Waals surface area contributed by atoms with Crippen LogP contribution in [0.3, 0.4) is 0 Å². The molecular weight excluding hydrogens is 821 g/mol. The van der Waals surface area contributed by atoms with E-state index in [1.807, 2.05) is 0 Å². The number of benzene rings is 13. The largest absolute Gasteiger partial charge is 0.456 e. The number of rotatable bonds is 2. The van der Waals surface area contributed by atoms with Crippen molar-refractivity contribution in [1.82, 2.24) is 0 Å². The number of para-hydroxylation sites is 2. The van der Waals surface area contributed by atoms with E-state index < -0.39 is 0 Å². The second-order valence-electron chi connectivity index (χ2n) is 20.1. The van der Waals surface area contributed by atoms with Gasteiger partial charge in [0.05, 0.1) is 0 Å². The van der Waals surface area contributed by atoms with Crippen LogP contribution in [0.4, 0.5) is 0 Å². The van der Waals surface area contributed by atoms with Gasteiger partial charge in [0.2, 0.25) is 0 Å². The van der Waals surface area contributed by atoms with Gasteiger partial charge in [-0.3, -0.25) is 0 Å². The van der Waals surface area contributed by atoms with E-state index in [-0.39, 0.29) is 5.41 Å². The summed E-state index contributed by atoms with van der Waals surface area (Å²) in [4.78, 5) is 0. The van der Waals surface area contributed by atoms with Crippen LogP contribution in [-0.4, -0.2) is 0 Å². The van der Waals surface area contributed by atoms with Crippen molar-refractivity contribution in [1.29, 1.82) is 0 Å². The van der Waals surface area contributed by atoms with Gasteiger partial charge in [0.15, 0.2) is 0 Å². The normalized spacial score (nSPS) is 14.0. The predicted octanol–water partition coefficient (Wildman–Crippen LogP) is 18.9. The first kappa shape index (κ1) is 35.7. The third kappa shape index (κ3) is 4.10. The van der Waals surface area contributed by atoms with Crippen LogP contribution < -0.4 is 4.74 Å². The summed E-state index contributed by atoms with van der Waals surface area (Å²) < 4.78 is 6.79. The molecule has 0 N–H and O–H groups in total. The van der Waals surface area contributed by atoms with Gasteiger partial charge >= 0.3 is 0 Å². The minimum atomic E-state index is -0.179. The highest BCUT2D eigenvalue weighted by Gasteiger charge is 2.36. The van der Waals surface area contributed by atoms with Gasteiger partial charge in [0.25, 0.3) is 0 Å². The molecule has 0 amide bonds. The number of fused-ring (bicyclic) bond motifs is 16. The Morgan fingerprint density at radius 3 is 1.62 bits per heavy atom. The highest BCUT2D eigenvalue weighted by Crippen LogP contribution is 2.59. The lowest BCUT2D eigenvalue weighted by atomic mass is 9.75. The van der Waals surface area contributed by atoms with Gasteiger partial charge in [-0.2, -0.15) is 0 Å². The summed E-state index contributed by atoms with van der Waals surface area (Å²) >= 11 is 0. The molecular formula is C67H38O. The van der Waals surface area contributed by atoms with Crippen LogP contribution in [0.5, 0.6) is 11.5 Å². The monoisotopic (exact) mass is 858 g/mol. The Morgan fingerprint density at radius 1 is 0.294 bits per heavy atom. The zero-order chi connectivity index (χ0) is 44.3. The van der Waals surface area contributed by atoms with Gasteiger partial charge in [0, 0.05) is 22.1 Å². The van der Waals surface area contributed by atoms with Crippen LogP contribution in [0, 0.1) is 0 Å². The lowest BCUT2D eigenvalue weighted by molar-refractivity contribution is 0.419. The van der Waals surface area contributed by atoms with Crippen LogP contribution in [-0.2, 0) is 5.41 Å². The first-order chi connectivity index (χ1) is 33.5. The third-order valence-electron chi connectivity index (χ3n) is 16.7. The molecule has 68 heavy (non-hydrogen) atoms. The average Bonchev–Trinajstić information content (AvgIpc) is 4.02. The molecule has 0 radical (unpaired) electrons. The molecule has 1 heterocycles. The van der Waals surface area contributed by atoms with E-state index in [1.165, 1.54) is 158 Å². The molecule has 0 spiro atoms. The van der Waals surface area contributed by atoms with Gasteiger partial charge in [-0.25, -0.2) is 0 Å². The molecule has 0 bridgehead atoms. The van der Waals surface area contributed by atoms with Crippen molar-refractivity contribution in [2.45, 2.75) is 19.3 Å². The second kappa shape index (κ2) is 12.1. The van der Waals surface area contributed by atoms with Gasteiger partial charge in [-0.1, -0.05) is 190 Å². The second-order valence-corrected chi connectivity index (χ2v) is 20.1. The highest BCUT2D eigenvalue weighted by molar-refractivity contribution is 6.52. The summed E-state index contributed by atoms with van der Waals surface area (Å²) in [7, 11) is 0. The molecule has 1 aliphatic heterocycles.